The number of fused-ring (bicyclic) bond motifs is 5. The molecule has 3 heterocycles. The normalized spacial score (nSPS) is 14.2. The highest BCUT2D eigenvalue weighted by Gasteiger charge is 2.15. The van der Waals surface area contributed by atoms with Gasteiger partial charge in [0.25, 0.3) is 0 Å². The van der Waals surface area contributed by atoms with Crippen LogP contribution in [0.5, 0.6) is 0 Å². The number of aromatic nitrogens is 1. The predicted molar refractivity (Wildman–Crippen MR) is 122 cm³/mol. The zero-order valence-corrected chi connectivity index (χ0v) is 16.1. The van der Waals surface area contributed by atoms with Crippen LogP contribution in [0.15, 0.2) is 83.2 Å². The molecular formula is C25H18N2S. The maximum Gasteiger partial charge on any atom is 0.0658 e. The minimum Gasteiger partial charge on any atom is -0.309 e. The topological polar surface area (TPSA) is 17.3 Å². The van der Waals surface area contributed by atoms with E-state index in [0.29, 0.717) is 0 Å². The second-order valence-electron chi connectivity index (χ2n) is 7.17. The number of rotatable bonds is 2. The Balaban J connectivity index is 1.63. The van der Waals surface area contributed by atoms with Gasteiger partial charge in [0.05, 0.1) is 16.7 Å². The van der Waals surface area contributed by atoms with E-state index >= 15 is 0 Å². The molecule has 0 bridgehead atoms. The van der Waals surface area contributed by atoms with Crippen molar-refractivity contribution in [3.8, 4) is 5.69 Å². The average Bonchev–Trinajstić information content (AvgIpc) is 3.37. The fourth-order valence-electron chi connectivity index (χ4n) is 4.26. The fraction of sp³-hybridized carbons (Fsp3) is 0.0800. The summed E-state index contributed by atoms with van der Waals surface area (Å²) in [5.41, 5.74) is 6.00. The molecule has 0 unspecified atom stereocenters. The summed E-state index contributed by atoms with van der Waals surface area (Å²) in [4.78, 5) is 4.56. The minimum absolute atomic E-state index is 1.04. The van der Waals surface area contributed by atoms with E-state index in [-0.39, 0.29) is 0 Å². The maximum absolute atomic E-state index is 4.56. The van der Waals surface area contributed by atoms with Gasteiger partial charge in [-0.15, -0.1) is 11.3 Å². The van der Waals surface area contributed by atoms with Gasteiger partial charge in [0, 0.05) is 32.8 Å². The van der Waals surface area contributed by atoms with Crippen molar-refractivity contribution in [2.24, 2.45) is 4.99 Å². The van der Waals surface area contributed by atoms with Crippen LogP contribution >= 0.6 is 11.3 Å². The molecule has 3 heteroatoms. The highest BCUT2D eigenvalue weighted by Crippen LogP contribution is 2.38. The molecule has 5 aromatic rings. The van der Waals surface area contributed by atoms with E-state index in [1.165, 1.54) is 43.1 Å². The van der Waals surface area contributed by atoms with E-state index in [1.54, 1.807) is 11.3 Å². The van der Waals surface area contributed by atoms with Crippen LogP contribution < -0.4 is 0 Å². The molecule has 0 atom stereocenters. The number of allylic oxidation sites excluding steroid dienone is 1. The molecule has 1 aliphatic rings. The standard InChI is InChI=1S/C25H18N2S/c1-2-7-23-19(5-1)20-12-13-24-21(14-16-28-24)25(20)27(23)18-10-8-17(9-11-18)22-6-3-4-15-26-22/h1-2,5-16H,3-4H2. The number of para-hydroxylation sites is 1. The molecular weight excluding hydrogens is 360 g/mol. The third kappa shape index (κ3) is 2.30. The first-order valence-electron chi connectivity index (χ1n) is 9.63. The van der Waals surface area contributed by atoms with Crippen molar-refractivity contribution in [1.29, 1.82) is 0 Å². The van der Waals surface area contributed by atoms with Gasteiger partial charge in [-0.1, -0.05) is 42.5 Å². The van der Waals surface area contributed by atoms with Crippen LogP contribution in [0.3, 0.4) is 0 Å². The second kappa shape index (κ2) is 6.18. The summed E-state index contributed by atoms with van der Waals surface area (Å²) in [5.74, 6) is 0. The summed E-state index contributed by atoms with van der Waals surface area (Å²) in [6, 6.07) is 24.3. The summed E-state index contributed by atoms with van der Waals surface area (Å²) in [5, 5.41) is 6.12. The van der Waals surface area contributed by atoms with Crippen molar-refractivity contribution in [1.82, 2.24) is 4.57 Å². The Morgan fingerprint density at radius 3 is 2.54 bits per heavy atom. The lowest BCUT2D eigenvalue weighted by Gasteiger charge is -2.11. The average molecular weight is 379 g/mol. The number of hydrogen-bond acceptors (Lipinski definition) is 2. The number of nitrogens with zero attached hydrogens (tertiary/aromatic N) is 2. The van der Waals surface area contributed by atoms with E-state index in [2.05, 4.69) is 87.7 Å². The van der Waals surface area contributed by atoms with Gasteiger partial charge in [-0.3, -0.25) is 4.99 Å². The third-order valence-corrected chi connectivity index (χ3v) is 6.43. The van der Waals surface area contributed by atoms with E-state index in [9.17, 15) is 0 Å². The van der Waals surface area contributed by atoms with Gasteiger partial charge in [0.15, 0.2) is 0 Å². The first kappa shape index (κ1) is 15.8. The molecule has 0 spiro atoms. The highest BCUT2D eigenvalue weighted by molar-refractivity contribution is 7.17. The molecule has 0 saturated heterocycles. The monoisotopic (exact) mass is 378 g/mol. The predicted octanol–water partition coefficient (Wildman–Crippen LogP) is 7.20. The number of hydrogen-bond donors (Lipinski definition) is 0. The van der Waals surface area contributed by atoms with Crippen molar-refractivity contribution in [2.45, 2.75) is 12.8 Å². The Hall–Kier alpha value is -3.17. The van der Waals surface area contributed by atoms with Crippen LogP contribution in [0, 0.1) is 0 Å². The van der Waals surface area contributed by atoms with E-state index in [1.807, 2.05) is 6.21 Å². The van der Waals surface area contributed by atoms with Gasteiger partial charge in [-0.25, -0.2) is 0 Å². The van der Waals surface area contributed by atoms with Crippen molar-refractivity contribution in [3.05, 3.63) is 83.7 Å². The molecule has 3 aromatic carbocycles. The van der Waals surface area contributed by atoms with Crippen molar-refractivity contribution >= 4 is 55.1 Å². The molecule has 0 radical (unpaired) electrons. The van der Waals surface area contributed by atoms with E-state index in [0.717, 1.165) is 18.5 Å². The van der Waals surface area contributed by atoms with Crippen molar-refractivity contribution in [2.75, 3.05) is 0 Å². The zero-order valence-electron chi connectivity index (χ0n) is 15.3. The third-order valence-electron chi connectivity index (χ3n) is 5.55. The summed E-state index contributed by atoms with van der Waals surface area (Å²) < 4.78 is 3.73. The number of thiophene rings is 1. The van der Waals surface area contributed by atoms with E-state index < -0.39 is 0 Å². The van der Waals surface area contributed by atoms with Crippen LogP contribution in [0.25, 0.3) is 43.3 Å². The molecule has 0 fully saturated rings. The molecule has 0 saturated carbocycles. The Kier molecular flexibility index (Phi) is 3.50. The molecule has 0 N–H and O–H groups in total. The molecule has 0 amide bonds. The Bertz CT molecular complexity index is 1400. The largest absolute Gasteiger partial charge is 0.309 e. The molecule has 1 aliphatic heterocycles. The summed E-state index contributed by atoms with van der Waals surface area (Å²) in [7, 11) is 0. The molecule has 0 aliphatic carbocycles. The summed E-state index contributed by atoms with van der Waals surface area (Å²) >= 11 is 1.80. The van der Waals surface area contributed by atoms with Gasteiger partial charge in [-0.05, 0) is 54.1 Å². The molecule has 2 nitrogen and oxygen atoms in total. The number of benzene rings is 3. The zero-order chi connectivity index (χ0) is 18.5. The van der Waals surface area contributed by atoms with Gasteiger partial charge < -0.3 is 4.57 Å². The summed E-state index contributed by atoms with van der Waals surface area (Å²) in [6.07, 6.45) is 6.36. The quantitative estimate of drug-likeness (QED) is 0.309. The smallest absolute Gasteiger partial charge is 0.0658 e. The Morgan fingerprint density at radius 2 is 1.68 bits per heavy atom. The Morgan fingerprint density at radius 1 is 0.786 bits per heavy atom. The molecule has 6 rings (SSSR count). The van der Waals surface area contributed by atoms with Crippen LogP contribution in [0.1, 0.15) is 18.4 Å². The Labute approximate surface area is 167 Å². The van der Waals surface area contributed by atoms with Crippen LogP contribution in [0.4, 0.5) is 0 Å². The molecule has 28 heavy (non-hydrogen) atoms. The first-order chi connectivity index (χ1) is 13.9. The minimum atomic E-state index is 1.04. The second-order valence-corrected chi connectivity index (χ2v) is 8.12. The lowest BCUT2D eigenvalue weighted by molar-refractivity contribution is 1.09. The van der Waals surface area contributed by atoms with Crippen LogP contribution in [0.2, 0.25) is 0 Å². The van der Waals surface area contributed by atoms with Gasteiger partial charge in [-0.2, -0.15) is 0 Å². The van der Waals surface area contributed by atoms with Crippen molar-refractivity contribution in [3.63, 3.8) is 0 Å². The van der Waals surface area contributed by atoms with Crippen LogP contribution in [-0.2, 0) is 0 Å². The fourth-order valence-corrected chi connectivity index (χ4v) is 5.04. The molecule has 2 aromatic heterocycles. The lowest BCUT2D eigenvalue weighted by Crippen LogP contribution is -1.95. The number of aliphatic imine (C=N–C) groups is 1. The molecule has 134 valence electrons. The van der Waals surface area contributed by atoms with Crippen LogP contribution in [-0.4, -0.2) is 10.8 Å². The highest BCUT2D eigenvalue weighted by atomic mass is 32.1. The maximum atomic E-state index is 4.56. The summed E-state index contributed by atoms with van der Waals surface area (Å²) in [6.45, 7) is 0. The van der Waals surface area contributed by atoms with Gasteiger partial charge >= 0.3 is 0 Å². The SMILES string of the molecule is C1=NC(c2ccc(-n3c4ccccc4c4ccc5sccc5c43)cc2)=CCC1. The van der Waals surface area contributed by atoms with Gasteiger partial charge in [0.2, 0.25) is 0 Å². The van der Waals surface area contributed by atoms with Gasteiger partial charge in [0.1, 0.15) is 0 Å². The van der Waals surface area contributed by atoms with Crippen molar-refractivity contribution < 1.29 is 0 Å². The lowest BCUT2D eigenvalue weighted by atomic mass is 10.1. The van der Waals surface area contributed by atoms with E-state index in [4.69, 9.17) is 0 Å². The first-order valence-corrected chi connectivity index (χ1v) is 10.5.